The lowest BCUT2D eigenvalue weighted by Gasteiger charge is -2.05. The average Bonchev–Trinajstić information content (AvgIpc) is 3.12. The van der Waals surface area contributed by atoms with Gasteiger partial charge in [-0.25, -0.2) is 0 Å². The molecule has 0 radical (unpaired) electrons. The van der Waals surface area contributed by atoms with Crippen LogP contribution in [0.1, 0.15) is 20.7 Å². The molecule has 3 N–H and O–H groups in total. The molecular weight excluding hydrogens is 344 g/mol. The maximum Gasteiger partial charge on any atom is 0.258 e. The smallest absolute Gasteiger partial charge is 0.258 e. The van der Waals surface area contributed by atoms with Crippen molar-refractivity contribution in [3.05, 3.63) is 78.1 Å². The molecule has 0 fully saturated rings. The third-order valence-corrected chi connectivity index (χ3v) is 4.13. The summed E-state index contributed by atoms with van der Waals surface area (Å²) in [5.41, 5.74) is 6.77. The predicted molar refractivity (Wildman–Crippen MR) is 100 cm³/mol. The first-order chi connectivity index (χ1) is 13.1. The Balaban J connectivity index is 1.68. The molecule has 0 bridgehead atoms. The zero-order chi connectivity index (χ0) is 18.8. The van der Waals surface area contributed by atoms with E-state index in [-0.39, 0.29) is 17.1 Å². The molecule has 0 aliphatic carbocycles. The molecule has 0 unspecified atom stereocenters. The van der Waals surface area contributed by atoms with Gasteiger partial charge in [0.15, 0.2) is 0 Å². The molecule has 0 aliphatic heterocycles. The fourth-order valence-corrected chi connectivity index (χ4v) is 2.82. The molecule has 132 valence electrons. The first kappa shape index (κ1) is 16.5. The first-order valence-corrected chi connectivity index (χ1v) is 8.13. The van der Waals surface area contributed by atoms with Gasteiger partial charge in [-0.15, -0.1) is 0 Å². The SMILES string of the molecule is NC(=O)c1c(-c2ccncc2)noc1NC(=O)c1ccc2ccccc2c1. The van der Waals surface area contributed by atoms with E-state index in [1.807, 2.05) is 30.3 Å². The van der Waals surface area contributed by atoms with Crippen molar-refractivity contribution in [2.45, 2.75) is 0 Å². The molecule has 27 heavy (non-hydrogen) atoms. The minimum atomic E-state index is -0.753. The Morgan fingerprint density at radius 3 is 2.44 bits per heavy atom. The van der Waals surface area contributed by atoms with Gasteiger partial charge >= 0.3 is 0 Å². The first-order valence-electron chi connectivity index (χ1n) is 8.13. The average molecular weight is 358 g/mol. The van der Waals surface area contributed by atoms with Crippen LogP contribution < -0.4 is 11.1 Å². The number of pyridine rings is 1. The monoisotopic (exact) mass is 358 g/mol. The number of aromatic nitrogens is 2. The number of rotatable bonds is 4. The lowest BCUT2D eigenvalue weighted by molar-refractivity contribution is 0.100. The number of nitrogens with zero attached hydrogens (tertiary/aromatic N) is 2. The van der Waals surface area contributed by atoms with E-state index in [1.165, 1.54) is 0 Å². The number of anilines is 1. The number of nitrogens with two attached hydrogens (primary N) is 1. The Kier molecular flexibility index (Phi) is 4.10. The number of benzene rings is 2. The quantitative estimate of drug-likeness (QED) is 0.582. The molecular formula is C20H14N4O3. The summed E-state index contributed by atoms with van der Waals surface area (Å²) in [6.45, 7) is 0. The number of nitrogens with one attached hydrogen (secondary N) is 1. The second-order valence-corrected chi connectivity index (χ2v) is 5.85. The van der Waals surface area contributed by atoms with E-state index in [1.54, 1.807) is 36.7 Å². The van der Waals surface area contributed by atoms with Crippen LogP contribution in [-0.2, 0) is 0 Å². The minimum Gasteiger partial charge on any atom is -0.365 e. The van der Waals surface area contributed by atoms with Crippen LogP contribution in [0.25, 0.3) is 22.0 Å². The molecule has 0 spiro atoms. The van der Waals surface area contributed by atoms with Crippen molar-refractivity contribution in [2.75, 3.05) is 5.32 Å². The number of hydrogen-bond acceptors (Lipinski definition) is 5. The van der Waals surface area contributed by atoms with Crippen LogP contribution >= 0.6 is 0 Å². The van der Waals surface area contributed by atoms with Crippen molar-refractivity contribution in [1.29, 1.82) is 0 Å². The molecule has 2 amide bonds. The Hall–Kier alpha value is -4.00. The van der Waals surface area contributed by atoms with E-state index < -0.39 is 11.8 Å². The van der Waals surface area contributed by atoms with Gasteiger partial charge in [0.25, 0.3) is 11.8 Å². The van der Waals surface area contributed by atoms with Crippen molar-refractivity contribution in [3.8, 4) is 11.3 Å². The summed E-state index contributed by atoms with van der Waals surface area (Å²) in [5, 5.41) is 8.41. The summed E-state index contributed by atoms with van der Waals surface area (Å²) in [4.78, 5) is 28.5. The number of hydrogen-bond donors (Lipinski definition) is 2. The van der Waals surface area contributed by atoms with Crippen molar-refractivity contribution >= 4 is 28.5 Å². The Morgan fingerprint density at radius 2 is 1.70 bits per heavy atom. The van der Waals surface area contributed by atoms with Crippen LogP contribution in [0.2, 0.25) is 0 Å². The Labute approximate surface area is 153 Å². The third kappa shape index (κ3) is 3.13. The van der Waals surface area contributed by atoms with Crippen LogP contribution in [0.3, 0.4) is 0 Å². The second kappa shape index (κ2) is 6.72. The topological polar surface area (TPSA) is 111 Å². The van der Waals surface area contributed by atoms with Crippen LogP contribution in [0.5, 0.6) is 0 Å². The fraction of sp³-hybridized carbons (Fsp3) is 0. The summed E-state index contributed by atoms with van der Waals surface area (Å²) >= 11 is 0. The van der Waals surface area contributed by atoms with Gasteiger partial charge in [-0.3, -0.25) is 19.9 Å². The summed E-state index contributed by atoms with van der Waals surface area (Å²) < 4.78 is 5.19. The molecule has 0 aliphatic rings. The van der Waals surface area contributed by atoms with Gasteiger partial charge < -0.3 is 10.3 Å². The van der Waals surface area contributed by atoms with E-state index in [2.05, 4.69) is 15.5 Å². The van der Waals surface area contributed by atoms with Gasteiger partial charge in [0.1, 0.15) is 11.3 Å². The van der Waals surface area contributed by atoms with Gasteiger partial charge in [0.2, 0.25) is 5.88 Å². The summed E-state index contributed by atoms with van der Waals surface area (Å²) in [5.74, 6) is -1.27. The number of carbonyl (C=O) groups is 2. The highest BCUT2D eigenvalue weighted by atomic mass is 16.5. The highest BCUT2D eigenvalue weighted by Crippen LogP contribution is 2.28. The van der Waals surface area contributed by atoms with Crippen molar-refractivity contribution in [2.24, 2.45) is 5.73 Å². The molecule has 2 heterocycles. The van der Waals surface area contributed by atoms with Crippen LogP contribution in [0.4, 0.5) is 5.88 Å². The molecule has 4 rings (SSSR count). The zero-order valence-corrected chi connectivity index (χ0v) is 14.0. The van der Waals surface area contributed by atoms with E-state index in [9.17, 15) is 9.59 Å². The van der Waals surface area contributed by atoms with Gasteiger partial charge in [-0.1, -0.05) is 35.5 Å². The normalized spacial score (nSPS) is 10.7. The molecule has 7 heteroatoms. The van der Waals surface area contributed by atoms with Gasteiger partial charge in [-0.05, 0) is 35.0 Å². The molecule has 2 aromatic heterocycles. The predicted octanol–water partition coefficient (Wildman–Crippen LogP) is 3.24. The van der Waals surface area contributed by atoms with E-state index >= 15 is 0 Å². The van der Waals surface area contributed by atoms with Gasteiger partial charge in [0, 0.05) is 23.5 Å². The minimum absolute atomic E-state index is 0.00957. The lowest BCUT2D eigenvalue weighted by Crippen LogP contribution is -2.17. The van der Waals surface area contributed by atoms with Crippen LogP contribution in [0.15, 0.2) is 71.5 Å². The van der Waals surface area contributed by atoms with Gasteiger partial charge in [0.05, 0.1) is 0 Å². The zero-order valence-electron chi connectivity index (χ0n) is 14.0. The molecule has 0 saturated heterocycles. The van der Waals surface area contributed by atoms with Crippen molar-refractivity contribution in [1.82, 2.24) is 10.1 Å². The van der Waals surface area contributed by atoms with Crippen molar-refractivity contribution < 1.29 is 14.1 Å². The molecule has 0 atom stereocenters. The highest BCUT2D eigenvalue weighted by Gasteiger charge is 2.24. The molecule has 2 aromatic carbocycles. The Morgan fingerprint density at radius 1 is 0.963 bits per heavy atom. The maximum absolute atomic E-state index is 12.6. The Bertz CT molecular complexity index is 1150. The molecule has 7 nitrogen and oxygen atoms in total. The highest BCUT2D eigenvalue weighted by molar-refractivity contribution is 6.10. The summed E-state index contributed by atoms with van der Waals surface area (Å²) in [6, 6.07) is 16.3. The van der Waals surface area contributed by atoms with E-state index in [4.69, 9.17) is 10.3 Å². The van der Waals surface area contributed by atoms with E-state index in [0.29, 0.717) is 11.1 Å². The largest absolute Gasteiger partial charge is 0.365 e. The second-order valence-electron chi connectivity index (χ2n) is 5.85. The third-order valence-electron chi connectivity index (χ3n) is 4.13. The van der Waals surface area contributed by atoms with Crippen LogP contribution in [0, 0.1) is 0 Å². The number of fused-ring (bicyclic) bond motifs is 1. The summed E-state index contributed by atoms with van der Waals surface area (Å²) in [7, 11) is 0. The molecule has 0 saturated carbocycles. The van der Waals surface area contributed by atoms with Crippen molar-refractivity contribution in [3.63, 3.8) is 0 Å². The summed E-state index contributed by atoms with van der Waals surface area (Å²) in [6.07, 6.45) is 3.12. The fourth-order valence-electron chi connectivity index (χ4n) is 2.82. The lowest BCUT2D eigenvalue weighted by atomic mass is 10.1. The maximum atomic E-state index is 12.6. The molecule has 4 aromatic rings. The van der Waals surface area contributed by atoms with Gasteiger partial charge in [-0.2, -0.15) is 0 Å². The van der Waals surface area contributed by atoms with E-state index in [0.717, 1.165) is 10.8 Å². The number of carbonyl (C=O) groups excluding carboxylic acids is 2. The van der Waals surface area contributed by atoms with Crippen LogP contribution in [-0.4, -0.2) is 22.0 Å². The standard InChI is InChI=1S/C20H14N4O3/c21-18(25)16-17(13-7-9-22-10-8-13)24-27-20(16)23-19(26)15-6-5-12-3-1-2-4-14(12)11-15/h1-11H,(H2,21,25)(H,23,26). The number of primary amides is 1. The number of amides is 2.